The van der Waals surface area contributed by atoms with Crippen molar-refractivity contribution in [3.05, 3.63) is 71.8 Å². The molecule has 0 saturated carbocycles. The number of carboxylic acid groups (broad SMARTS) is 1. The zero-order valence-corrected chi connectivity index (χ0v) is 19.9. The van der Waals surface area contributed by atoms with Crippen LogP contribution in [-0.2, 0) is 6.42 Å². The van der Waals surface area contributed by atoms with Crippen molar-refractivity contribution in [2.45, 2.75) is 18.9 Å². The molecule has 0 bridgehead atoms. The zero-order valence-electron chi connectivity index (χ0n) is 17.5. The van der Waals surface area contributed by atoms with Crippen molar-refractivity contribution in [2.24, 2.45) is 0 Å². The Bertz CT molecular complexity index is 720. The first-order valence-corrected chi connectivity index (χ1v) is 10.9. The number of hydrogen-bond acceptors (Lipinski definition) is 4. The number of nitrogens with zero attached hydrogens (tertiary/aromatic N) is 2. The Morgan fingerprint density at radius 1 is 0.968 bits per heavy atom. The number of hydrogen-bond donors (Lipinski definition) is 2. The second kappa shape index (κ2) is 16.2. The van der Waals surface area contributed by atoms with E-state index in [-0.39, 0.29) is 30.3 Å². The first-order valence-electron chi connectivity index (χ1n) is 9.88. The van der Waals surface area contributed by atoms with Crippen LogP contribution in [0.5, 0.6) is 0 Å². The summed E-state index contributed by atoms with van der Waals surface area (Å²) in [6, 6.07) is 21.6. The van der Waals surface area contributed by atoms with Gasteiger partial charge in [-0.15, -0.1) is 24.8 Å². The Morgan fingerprint density at radius 3 is 2.13 bits per heavy atom. The maximum atomic E-state index is 10.7. The summed E-state index contributed by atoms with van der Waals surface area (Å²) in [5.41, 5.74) is 2.71. The molecule has 174 valence electrons. The topological polar surface area (TPSA) is 87.3 Å². The van der Waals surface area contributed by atoms with E-state index in [0.717, 1.165) is 51.3 Å². The first kappa shape index (κ1) is 29.5. The number of nitrogens with one attached hydrogen (secondary N) is 1. The van der Waals surface area contributed by atoms with Gasteiger partial charge in [0, 0.05) is 44.5 Å². The Labute approximate surface area is 201 Å². The molecule has 1 aliphatic rings. The third-order valence-corrected chi connectivity index (χ3v) is 6.00. The number of piperazine rings is 1. The van der Waals surface area contributed by atoms with Gasteiger partial charge < -0.3 is 15.5 Å². The number of rotatable bonds is 9. The second-order valence-electron chi connectivity index (χ2n) is 7.08. The van der Waals surface area contributed by atoms with Crippen molar-refractivity contribution in [1.82, 2.24) is 14.5 Å². The molecule has 1 unspecified atom stereocenters. The molecule has 3 rings (SSSR count). The molecular formula is C22H33Cl2N3O3S. The average molecular weight is 490 g/mol. The van der Waals surface area contributed by atoms with E-state index >= 15 is 0 Å². The van der Waals surface area contributed by atoms with Crippen molar-refractivity contribution in [3.8, 4) is 0 Å². The molecule has 0 aliphatic carbocycles. The maximum absolute atomic E-state index is 10.7. The van der Waals surface area contributed by atoms with Crippen LogP contribution < -0.4 is 4.72 Å². The fourth-order valence-electron chi connectivity index (χ4n) is 3.75. The van der Waals surface area contributed by atoms with Crippen molar-refractivity contribution in [3.63, 3.8) is 0 Å². The summed E-state index contributed by atoms with van der Waals surface area (Å²) in [6.07, 6.45) is 1.05. The summed E-state index contributed by atoms with van der Waals surface area (Å²) in [7, 11) is 0. The van der Waals surface area contributed by atoms with Gasteiger partial charge in [-0.25, -0.2) is 4.79 Å². The summed E-state index contributed by atoms with van der Waals surface area (Å²) in [5.74, 6) is 0.764. The lowest BCUT2D eigenvalue weighted by Crippen LogP contribution is -2.48. The van der Waals surface area contributed by atoms with Crippen molar-refractivity contribution in [2.75, 3.05) is 38.5 Å². The molecule has 9 heteroatoms. The van der Waals surface area contributed by atoms with Crippen LogP contribution in [0.25, 0.3) is 0 Å². The van der Waals surface area contributed by atoms with Gasteiger partial charge in [0.15, 0.2) is 0 Å². The normalized spacial score (nSPS) is 15.0. The molecule has 0 spiro atoms. The van der Waals surface area contributed by atoms with Crippen molar-refractivity contribution < 1.29 is 15.4 Å². The summed E-state index contributed by atoms with van der Waals surface area (Å²) >= 11 is 1.27. The number of carbonyl (C=O) groups is 1. The smallest absolute Gasteiger partial charge is 0.414 e. The van der Waals surface area contributed by atoms with Gasteiger partial charge in [-0.2, -0.15) is 0 Å². The van der Waals surface area contributed by atoms with Gasteiger partial charge in [-0.1, -0.05) is 60.7 Å². The minimum atomic E-state index is -0.978. The van der Waals surface area contributed by atoms with Crippen molar-refractivity contribution >= 4 is 42.9 Å². The summed E-state index contributed by atoms with van der Waals surface area (Å²) in [5, 5.41) is 8.76. The predicted molar refractivity (Wildman–Crippen MR) is 134 cm³/mol. The molecule has 2 aromatic rings. The Hall–Kier alpha value is -1.48. The first-order chi connectivity index (χ1) is 13.7. The molecular weight excluding hydrogens is 457 g/mol. The monoisotopic (exact) mass is 489 g/mol. The van der Waals surface area contributed by atoms with Gasteiger partial charge in [0.2, 0.25) is 0 Å². The molecule has 0 aromatic heterocycles. The van der Waals surface area contributed by atoms with Crippen LogP contribution in [0.3, 0.4) is 0 Å². The largest absolute Gasteiger partial charge is 0.464 e. The number of halogens is 2. The third kappa shape index (κ3) is 10.1. The molecule has 4 N–H and O–H groups in total. The highest BCUT2D eigenvalue weighted by atomic mass is 35.5. The fraction of sp³-hybridized carbons (Fsp3) is 0.409. The third-order valence-electron chi connectivity index (χ3n) is 5.24. The highest BCUT2D eigenvalue weighted by molar-refractivity contribution is 7.97. The minimum Gasteiger partial charge on any atom is -0.464 e. The van der Waals surface area contributed by atoms with Crippen molar-refractivity contribution in [1.29, 1.82) is 0 Å². The molecule has 31 heavy (non-hydrogen) atoms. The molecule has 6 nitrogen and oxygen atoms in total. The summed E-state index contributed by atoms with van der Waals surface area (Å²) in [6.45, 7) is 5.36. The molecule has 1 saturated heterocycles. The average Bonchev–Trinajstić information content (AvgIpc) is 2.74. The van der Waals surface area contributed by atoms with E-state index in [2.05, 4.69) is 69.1 Å². The van der Waals surface area contributed by atoms with Crippen LogP contribution in [0.1, 0.15) is 23.6 Å². The van der Waals surface area contributed by atoms with E-state index in [4.69, 9.17) is 5.11 Å². The van der Waals surface area contributed by atoms with Crippen LogP contribution >= 0.6 is 36.8 Å². The van der Waals surface area contributed by atoms with E-state index in [1.165, 1.54) is 23.1 Å². The SMILES string of the molecule is Cl.Cl.O.O=C(O)NSCCC(c1ccccc1)N1CCN(CCc2ccccc2)CC1. The Kier molecular flexibility index (Phi) is 15.4. The highest BCUT2D eigenvalue weighted by Crippen LogP contribution is 2.26. The quantitative estimate of drug-likeness (QED) is 0.411. The summed E-state index contributed by atoms with van der Waals surface area (Å²) < 4.78 is 2.40. The number of amides is 1. The van der Waals surface area contributed by atoms with Gasteiger partial charge in [-0.05, 0) is 35.9 Å². The summed E-state index contributed by atoms with van der Waals surface area (Å²) in [4.78, 5) is 15.8. The molecule has 2 aromatic carbocycles. The van der Waals surface area contributed by atoms with Gasteiger partial charge in [-0.3, -0.25) is 9.62 Å². The molecule has 0 radical (unpaired) electrons. The Morgan fingerprint density at radius 2 is 1.55 bits per heavy atom. The zero-order chi connectivity index (χ0) is 19.6. The van der Waals surface area contributed by atoms with E-state index in [9.17, 15) is 4.79 Å². The minimum absolute atomic E-state index is 0. The molecule has 1 heterocycles. The lowest BCUT2D eigenvalue weighted by atomic mass is 10.0. The van der Waals surface area contributed by atoms with Gasteiger partial charge in [0.1, 0.15) is 0 Å². The fourth-order valence-corrected chi connectivity index (χ4v) is 4.32. The van der Waals surface area contributed by atoms with Gasteiger partial charge >= 0.3 is 6.09 Å². The molecule has 1 amide bonds. The van der Waals surface area contributed by atoms with Crippen LogP contribution in [0, 0.1) is 0 Å². The van der Waals surface area contributed by atoms with Gasteiger partial charge in [0.25, 0.3) is 0 Å². The van der Waals surface area contributed by atoms with E-state index in [1.807, 2.05) is 6.07 Å². The molecule has 1 fully saturated rings. The standard InChI is InChI=1S/C22H29N3O2S.2ClH.H2O/c26-22(27)23-28-18-12-21(20-9-5-2-6-10-20)25-16-14-24(15-17-25)13-11-19-7-3-1-4-8-19;;;/h1-10,21,23H,11-18H2,(H,26,27);2*1H;1H2. The molecule has 1 aliphatic heterocycles. The van der Waals surface area contributed by atoms with Crippen LogP contribution in [-0.4, -0.2) is 65.0 Å². The van der Waals surface area contributed by atoms with Crippen LogP contribution in [0.4, 0.5) is 4.79 Å². The van der Waals surface area contributed by atoms with E-state index < -0.39 is 6.09 Å². The van der Waals surface area contributed by atoms with E-state index in [0.29, 0.717) is 6.04 Å². The maximum Gasteiger partial charge on any atom is 0.414 e. The molecule has 1 atom stereocenters. The predicted octanol–water partition coefficient (Wildman–Crippen LogP) is 3.91. The van der Waals surface area contributed by atoms with Crippen LogP contribution in [0.15, 0.2) is 60.7 Å². The lowest BCUT2D eigenvalue weighted by molar-refractivity contribution is 0.0949. The second-order valence-corrected chi connectivity index (χ2v) is 7.99. The lowest BCUT2D eigenvalue weighted by Gasteiger charge is -2.39. The number of benzene rings is 2. The van der Waals surface area contributed by atoms with Gasteiger partial charge in [0.05, 0.1) is 0 Å². The van der Waals surface area contributed by atoms with E-state index in [1.54, 1.807) is 0 Å². The highest BCUT2D eigenvalue weighted by Gasteiger charge is 2.24. The Balaban J connectivity index is 0.00000300. The van der Waals surface area contributed by atoms with Crippen LogP contribution in [0.2, 0.25) is 0 Å².